The standard InChI is InChI=1S/C30H32ClN5O3S/c1-21-5-10-25(18-22(21)2)36-19-26(23-6-8-24(31)9-7-23)32-30(36)33-28(37)20-35(29(38)27-4-3-17-40-27)12-11-34-13-15-39-16-14-34/h3-10,17-19H,11-16,20H2,1-2H3,(H,32,33,37). The van der Waals surface area contributed by atoms with Crippen molar-refractivity contribution in [1.82, 2.24) is 19.4 Å². The van der Waals surface area contributed by atoms with Crippen LogP contribution < -0.4 is 5.32 Å². The number of thiophene rings is 1. The number of morpholine rings is 1. The van der Waals surface area contributed by atoms with Gasteiger partial charge in [0.05, 0.1) is 23.8 Å². The van der Waals surface area contributed by atoms with E-state index in [-0.39, 0.29) is 18.4 Å². The number of carbonyl (C=O) groups is 2. The first-order chi connectivity index (χ1) is 19.4. The minimum atomic E-state index is -0.315. The summed E-state index contributed by atoms with van der Waals surface area (Å²) < 4.78 is 7.31. The Hall–Kier alpha value is -3.50. The van der Waals surface area contributed by atoms with Gasteiger partial charge in [0.1, 0.15) is 6.54 Å². The fourth-order valence-corrected chi connectivity index (χ4v) is 5.35. The van der Waals surface area contributed by atoms with Gasteiger partial charge in [-0.2, -0.15) is 0 Å². The fourth-order valence-electron chi connectivity index (χ4n) is 4.53. The Morgan fingerprint density at radius 1 is 1.07 bits per heavy atom. The number of hydrogen-bond acceptors (Lipinski definition) is 6. The van der Waals surface area contributed by atoms with E-state index in [9.17, 15) is 9.59 Å². The molecule has 1 saturated heterocycles. The molecule has 2 aromatic heterocycles. The third-order valence-electron chi connectivity index (χ3n) is 7.01. The second-order valence-corrected chi connectivity index (χ2v) is 11.2. The van der Waals surface area contributed by atoms with E-state index in [1.165, 1.54) is 16.9 Å². The van der Waals surface area contributed by atoms with Gasteiger partial charge >= 0.3 is 0 Å². The summed E-state index contributed by atoms with van der Waals surface area (Å²) in [4.78, 5) is 36.0. The summed E-state index contributed by atoms with van der Waals surface area (Å²) in [5, 5.41) is 5.48. The largest absolute Gasteiger partial charge is 0.379 e. The van der Waals surface area contributed by atoms with Gasteiger partial charge in [0.25, 0.3) is 5.91 Å². The number of rotatable bonds is 9. The van der Waals surface area contributed by atoms with E-state index >= 15 is 0 Å². The van der Waals surface area contributed by atoms with Gasteiger partial charge in [0, 0.05) is 48.6 Å². The van der Waals surface area contributed by atoms with Gasteiger partial charge < -0.3 is 9.64 Å². The summed E-state index contributed by atoms with van der Waals surface area (Å²) >= 11 is 7.47. The van der Waals surface area contributed by atoms with Crippen LogP contribution in [0.2, 0.25) is 5.02 Å². The average Bonchev–Trinajstić information content (AvgIpc) is 3.64. The topological polar surface area (TPSA) is 79.7 Å². The predicted molar refractivity (Wildman–Crippen MR) is 160 cm³/mol. The van der Waals surface area contributed by atoms with Crippen molar-refractivity contribution >= 4 is 40.7 Å². The van der Waals surface area contributed by atoms with Crippen molar-refractivity contribution in [3.8, 4) is 16.9 Å². The zero-order chi connectivity index (χ0) is 28.1. The van der Waals surface area contributed by atoms with Crippen LogP contribution in [0.25, 0.3) is 16.9 Å². The average molecular weight is 578 g/mol. The Balaban J connectivity index is 1.39. The molecule has 5 rings (SSSR count). The quantitative estimate of drug-likeness (QED) is 0.293. The molecule has 2 aromatic carbocycles. The number of aromatic nitrogens is 2. The summed E-state index contributed by atoms with van der Waals surface area (Å²) in [5.41, 5.74) is 4.76. The van der Waals surface area contributed by atoms with E-state index in [1.54, 1.807) is 11.0 Å². The number of aryl methyl sites for hydroxylation is 2. The Morgan fingerprint density at radius 2 is 1.85 bits per heavy atom. The molecule has 0 saturated carbocycles. The third kappa shape index (κ3) is 6.79. The molecule has 1 aliphatic heterocycles. The lowest BCUT2D eigenvalue weighted by Crippen LogP contribution is -2.45. The van der Waals surface area contributed by atoms with Crippen molar-refractivity contribution in [1.29, 1.82) is 0 Å². The number of carbonyl (C=O) groups excluding carboxylic acids is 2. The molecule has 0 atom stereocenters. The molecule has 1 fully saturated rings. The normalized spacial score (nSPS) is 13.8. The molecule has 208 valence electrons. The van der Waals surface area contributed by atoms with Crippen LogP contribution in [0, 0.1) is 13.8 Å². The molecule has 0 aliphatic carbocycles. The van der Waals surface area contributed by atoms with Crippen LogP contribution in [0.1, 0.15) is 20.8 Å². The number of ether oxygens (including phenoxy) is 1. The molecule has 1 N–H and O–H groups in total. The Labute approximate surface area is 243 Å². The molecule has 3 heterocycles. The molecule has 2 amide bonds. The Bertz CT molecular complexity index is 1460. The highest BCUT2D eigenvalue weighted by Gasteiger charge is 2.23. The predicted octanol–water partition coefficient (Wildman–Crippen LogP) is 5.28. The number of halogens is 1. The number of nitrogens with one attached hydrogen (secondary N) is 1. The van der Waals surface area contributed by atoms with Crippen molar-refractivity contribution in [3.05, 3.63) is 87.2 Å². The molecule has 4 aromatic rings. The number of benzene rings is 2. The van der Waals surface area contributed by atoms with E-state index in [2.05, 4.69) is 30.1 Å². The maximum atomic E-state index is 13.4. The summed E-state index contributed by atoms with van der Waals surface area (Å²) in [6, 6.07) is 17.2. The number of nitrogens with zero attached hydrogens (tertiary/aromatic N) is 4. The van der Waals surface area contributed by atoms with Crippen LogP contribution >= 0.6 is 22.9 Å². The van der Waals surface area contributed by atoms with E-state index in [4.69, 9.17) is 21.3 Å². The summed E-state index contributed by atoms with van der Waals surface area (Å²) in [6.45, 7) is 8.12. The smallest absolute Gasteiger partial charge is 0.264 e. The maximum Gasteiger partial charge on any atom is 0.264 e. The molecule has 10 heteroatoms. The van der Waals surface area contributed by atoms with Gasteiger partial charge in [-0.15, -0.1) is 11.3 Å². The molecule has 0 unspecified atom stereocenters. The number of imidazole rings is 1. The van der Waals surface area contributed by atoms with E-state index < -0.39 is 0 Å². The summed E-state index contributed by atoms with van der Waals surface area (Å²) in [6.07, 6.45) is 1.90. The summed E-state index contributed by atoms with van der Waals surface area (Å²) in [7, 11) is 0. The van der Waals surface area contributed by atoms with Gasteiger partial charge in [-0.3, -0.25) is 24.4 Å². The van der Waals surface area contributed by atoms with Gasteiger partial charge in [-0.25, -0.2) is 4.98 Å². The van der Waals surface area contributed by atoms with Crippen LogP contribution in [0.5, 0.6) is 0 Å². The molecule has 0 bridgehead atoms. The highest BCUT2D eigenvalue weighted by Crippen LogP contribution is 2.26. The van der Waals surface area contributed by atoms with Gasteiger partial charge in [-0.05, 0) is 60.7 Å². The van der Waals surface area contributed by atoms with Crippen LogP contribution in [0.4, 0.5) is 5.95 Å². The second kappa shape index (κ2) is 12.8. The molecule has 40 heavy (non-hydrogen) atoms. The molecule has 1 aliphatic rings. The van der Waals surface area contributed by atoms with E-state index in [0.29, 0.717) is 47.8 Å². The minimum absolute atomic E-state index is 0.0862. The molecule has 8 nitrogen and oxygen atoms in total. The zero-order valence-corrected chi connectivity index (χ0v) is 24.2. The number of amides is 2. The second-order valence-electron chi connectivity index (χ2n) is 9.80. The Morgan fingerprint density at radius 3 is 2.55 bits per heavy atom. The van der Waals surface area contributed by atoms with Gasteiger partial charge in [-0.1, -0.05) is 35.9 Å². The van der Waals surface area contributed by atoms with Crippen LogP contribution in [-0.2, 0) is 9.53 Å². The van der Waals surface area contributed by atoms with Crippen molar-refractivity contribution in [3.63, 3.8) is 0 Å². The lowest BCUT2D eigenvalue weighted by molar-refractivity contribution is -0.117. The van der Waals surface area contributed by atoms with E-state index in [0.717, 1.165) is 29.9 Å². The first kappa shape index (κ1) is 28.0. The van der Waals surface area contributed by atoms with Crippen LogP contribution in [0.3, 0.4) is 0 Å². The van der Waals surface area contributed by atoms with E-state index in [1.807, 2.05) is 58.6 Å². The van der Waals surface area contributed by atoms with Crippen molar-refractivity contribution in [2.75, 3.05) is 51.3 Å². The van der Waals surface area contributed by atoms with Crippen molar-refractivity contribution in [2.45, 2.75) is 13.8 Å². The van der Waals surface area contributed by atoms with Crippen LogP contribution in [-0.4, -0.2) is 77.1 Å². The third-order valence-corrected chi connectivity index (χ3v) is 8.12. The highest BCUT2D eigenvalue weighted by molar-refractivity contribution is 7.12. The monoisotopic (exact) mass is 577 g/mol. The van der Waals surface area contributed by atoms with Crippen LogP contribution in [0.15, 0.2) is 66.2 Å². The zero-order valence-electron chi connectivity index (χ0n) is 22.6. The first-order valence-corrected chi connectivity index (χ1v) is 14.5. The lowest BCUT2D eigenvalue weighted by atomic mass is 10.1. The van der Waals surface area contributed by atoms with Crippen molar-refractivity contribution < 1.29 is 14.3 Å². The molecular formula is C30H32ClN5O3S. The highest BCUT2D eigenvalue weighted by atomic mass is 35.5. The van der Waals surface area contributed by atoms with Gasteiger partial charge in [0.15, 0.2) is 0 Å². The minimum Gasteiger partial charge on any atom is -0.379 e. The summed E-state index contributed by atoms with van der Waals surface area (Å²) in [5.74, 6) is -0.0853. The maximum absolute atomic E-state index is 13.4. The molecule has 0 radical (unpaired) electrons. The number of anilines is 1. The molecule has 0 spiro atoms. The van der Waals surface area contributed by atoms with Gasteiger partial charge in [0.2, 0.25) is 11.9 Å². The first-order valence-electron chi connectivity index (χ1n) is 13.2. The lowest BCUT2D eigenvalue weighted by Gasteiger charge is -2.29. The fraction of sp³-hybridized carbons (Fsp3) is 0.300. The molecular weight excluding hydrogens is 546 g/mol. The Kier molecular flexibility index (Phi) is 8.96. The van der Waals surface area contributed by atoms with Crippen molar-refractivity contribution in [2.24, 2.45) is 0 Å². The SMILES string of the molecule is Cc1ccc(-n2cc(-c3ccc(Cl)cc3)nc2NC(=O)CN(CCN2CCOCC2)C(=O)c2cccs2)cc1C. The number of hydrogen-bond donors (Lipinski definition) is 1.